The molecule has 1 aromatic carbocycles. The van der Waals surface area contributed by atoms with Gasteiger partial charge in [-0.15, -0.1) is 0 Å². The Kier molecular flexibility index (Phi) is 4.25. The summed E-state index contributed by atoms with van der Waals surface area (Å²) < 4.78 is 0. The van der Waals surface area contributed by atoms with Crippen LogP contribution in [-0.4, -0.2) is 23.2 Å². The number of hydrogen-bond donors (Lipinski definition) is 3. The van der Waals surface area contributed by atoms with Gasteiger partial charge in [0.05, 0.1) is 27.8 Å². The van der Waals surface area contributed by atoms with Gasteiger partial charge in [0.1, 0.15) is 0 Å². The highest BCUT2D eigenvalue weighted by Crippen LogP contribution is 2.28. The number of carbonyl (C=O) groups is 1. The van der Waals surface area contributed by atoms with Crippen LogP contribution in [0.1, 0.15) is 24.2 Å². The van der Waals surface area contributed by atoms with E-state index in [9.17, 15) is 4.79 Å². The number of anilines is 1. The van der Waals surface area contributed by atoms with Gasteiger partial charge in [-0.2, -0.15) is 0 Å². The molecule has 0 spiro atoms. The van der Waals surface area contributed by atoms with Crippen LogP contribution in [0.15, 0.2) is 12.1 Å². The molecule has 0 atom stereocenters. The average Bonchev–Trinajstić information content (AvgIpc) is 2.22. The van der Waals surface area contributed by atoms with Crippen molar-refractivity contribution in [2.75, 3.05) is 12.3 Å². The van der Waals surface area contributed by atoms with Gasteiger partial charge in [0, 0.05) is 5.69 Å². The maximum atomic E-state index is 11.9. The van der Waals surface area contributed by atoms with E-state index in [4.69, 9.17) is 34.0 Å². The summed E-state index contributed by atoms with van der Waals surface area (Å²) in [5.41, 5.74) is 5.40. The Bertz CT molecular complexity index is 447. The summed E-state index contributed by atoms with van der Waals surface area (Å²) in [7, 11) is 0. The van der Waals surface area contributed by atoms with Crippen LogP contribution in [0.2, 0.25) is 10.0 Å². The number of hydrogen-bond acceptors (Lipinski definition) is 3. The average molecular weight is 277 g/mol. The zero-order valence-electron chi connectivity index (χ0n) is 9.55. The maximum absolute atomic E-state index is 11.9. The molecule has 1 amide bonds. The van der Waals surface area contributed by atoms with Gasteiger partial charge < -0.3 is 16.2 Å². The lowest BCUT2D eigenvalue weighted by atomic mass is 10.1. The van der Waals surface area contributed by atoms with Crippen molar-refractivity contribution >= 4 is 34.8 Å². The first kappa shape index (κ1) is 14.1. The molecule has 1 aromatic rings. The number of carbonyl (C=O) groups excluding carboxylic acids is 1. The van der Waals surface area contributed by atoms with Crippen LogP contribution in [0.5, 0.6) is 0 Å². The predicted molar refractivity (Wildman–Crippen MR) is 69.5 cm³/mol. The standard InChI is InChI=1S/C11H14Cl2N2O2/c1-11(2,5-16)15-10(17)7-3-6(14)4-8(12)9(7)13/h3-4,16H,5,14H2,1-2H3,(H,15,17). The fourth-order valence-electron chi connectivity index (χ4n) is 1.19. The van der Waals surface area contributed by atoms with Crippen molar-refractivity contribution in [3.05, 3.63) is 27.7 Å². The summed E-state index contributed by atoms with van der Waals surface area (Å²) in [6, 6.07) is 2.91. The molecule has 0 bridgehead atoms. The number of nitrogens with two attached hydrogens (primary N) is 1. The molecule has 0 unspecified atom stereocenters. The van der Waals surface area contributed by atoms with E-state index in [2.05, 4.69) is 5.32 Å². The van der Waals surface area contributed by atoms with E-state index in [1.165, 1.54) is 12.1 Å². The zero-order chi connectivity index (χ0) is 13.2. The van der Waals surface area contributed by atoms with E-state index >= 15 is 0 Å². The largest absolute Gasteiger partial charge is 0.399 e. The fraction of sp³-hybridized carbons (Fsp3) is 0.364. The van der Waals surface area contributed by atoms with E-state index in [1.807, 2.05) is 0 Å². The molecule has 4 nitrogen and oxygen atoms in total. The van der Waals surface area contributed by atoms with Gasteiger partial charge >= 0.3 is 0 Å². The number of amides is 1. The molecule has 0 heterocycles. The first-order valence-electron chi connectivity index (χ1n) is 4.95. The minimum absolute atomic E-state index is 0.145. The molecule has 0 aliphatic rings. The molecule has 0 radical (unpaired) electrons. The van der Waals surface area contributed by atoms with Crippen molar-refractivity contribution < 1.29 is 9.90 Å². The molecule has 17 heavy (non-hydrogen) atoms. The van der Waals surface area contributed by atoms with Crippen LogP contribution in [0, 0.1) is 0 Å². The second-order valence-corrected chi connectivity index (χ2v) is 5.15. The molecule has 94 valence electrons. The van der Waals surface area contributed by atoms with E-state index in [1.54, 1.807) is 13.8 Å². The quantitative estimate of drug-likeness (QED) is 0.740. The highest BCUT2D eigenvalue weighted by molar-refractivity contribution is 6.44. The zero-order valence-corrected chi connectivity index (χ0v) is 11.1. The molecule has 4 N–H and O–H groups in total. The van der Waals surface area contributed by atoms with Crippen LogP contribution in [0.4, 0.5) is 5.69 Å². The van der Waals surface area contributed by atoms with Crippen molar-refractivity contribution in [1.82, 2.24) is 5.32 Å². The summed E-state index contributed by atoms with van der Waals surface area (Å²) in [4.78, 5) is 11.9. The molecule has 6 heteroatoms. The van der Waals surface area contributed by atoms with Gasteiger partial charge in [0.2, 0.25) is 0 Å². The number of aliphatic hydroxyl groups excluding tert-OH is 1. The highest BCUT2D eigenvalue weighted by Gasteiger charge is 2.22. The number of benzene rings is 1. The molecule has 0 fully saturated rings. The van der Waals surface area contributed by atoms with E-state index in [0.29, 0.717) is 5.69 Å². The number of rotatable bonds is 3. The van der Waals surface area contributed by atoms with Gasteiger partial charge in [-0.1, -0.05) is 23.2 Å². The van der Waals surface area contributed by atoms with Crippen molar-refractivity contribution in [2.24, 2.45) is 0 Å². The number of nitrogen functional groups attached to an aromatic ring is 1. The van der Waals surface area contributed by atoms with Gasteiger partial charge in [0.25, 0.3) is 5.91 Å². The summed E-state index contributed by atoms with van der Waals surface area (Å²) in [6.07, 6.45) is 0. The number of nitrogens with one attached hydrogen (secondary N) is 1. The Morgan fingerprint density at radius 2 is 2.06 bits per heavy atom. The van der Waals surface area contributed by atoms with Crippen LogP contribution in [-0.2, 0) is 0 Å². The second-order valence-electron chi connectivity index (χ2n) is 4.36. The molecular formula is C11H14Cl2N2O2. The van der Waals surface area contributed by atoms with Crippen molar-refractivity contribution in [1.29, 1.82) is 0 Å². The number of halogens is 2. The maximum Gasteiger partial charge on any atom is 0.253 e. The minimum atomic E-state index is -0.739. The molecule has 0 aliphatic carbocycles. The Morgan fingerprint density at radius 1 is 1.47 bits per heavy atom. The minimum Gasteiger partial charge on any atom is -0.399 e. The van der Waals surface area contributed by atoms with Crippen molar-refractivity contribution in [3.8, 4) is 0 Å². The lowest BCUT2D eigenvalue weighted by molar-refractivity contribution is 0.0869. The molecule has 0 aromatic heterocycles. The Hall–Kier alpha value is -0.970. The Morgan fingerprint density at radius 3 is 2.59 bits per heavy atom. The number of aliphatic hydroxyl groups is 1. The monoisotopic (exact) mass is 276 g/mol. The first-order chi connectivity index (χ1) is 7.76. The molecular weight excluding hydrogens is 263 g/mol. The summed E-state index contributed by atoms with van der Waals surface area (Å²) >= 11 is 11.7. The Balaban J connectivity index is 3.05. The van der Waals surface area contributed by atoms with E-state index in [-0.39, 0.29) is 22.2 Å². The smallest absolute Gasteiger partial charge is 0.253 e. The van der Waals surface area contributed by atoms with Gasteiger partial charge in [-0.25, -0.2) is 0 Å². The van der Waals surface area contributed by atoms with Crippen LogP contribution in [0.25, 0.3) is 0 Å². The van der Waals surface area contributed by atoms with E-state index in [0.717, 1.165) is 0 Å². The third kappa shape index (κ3) is 3.49. The summed E-state index contributed by atoms with van der Waals surface area (Å²) in [6.45, 7) is 3.19. The topological polar surface area (TPSA) is 75.3 Å². The van der Waals surface area contributed by atoms with Gasteiger partial charge in [0.15, 0.2) is 0 Å². The summed E-state index contributed by atoms with van der Waals surface area (Å²) in [5, 5.41) is 12.1. The van der Waals surface area contributed by atoms with Crippen LogP contribution in [0.3, 0.4) is 0 Å². The van der Waals surface area contributed by atoms with Crippen molar-refractivity contribution in [2.45, 2.75) is 19.4 Å². The third-order valence-electron chi connectivity index (χ3n) is 2.14. The SMILES string of the molecule is CC(C)(CO)NC(=O)c1cc(N)cc(Cl)c1Cl. The lowest BCUT2D eigenvalue weighted by Gasteiger charge is -2.23. The molecule has 0 saturated heterocycles. The molecule has 1 rings (SSSR count). The highest BCUT2D eigenvalue weighted by atomic mass is 35.5. The normalized spacial score (nSPS) is 11.4. The van der Waals surface area contributed by atoms with Crippen LogP contribution >= 0.6 is 23.2 Å². The van der Waals surface area contributed by atoms with Gasteiger partial charge in [-0.3, -0.25) is 4.79 Å². The van der Waals surface area contributed by atoms with E-state index < -0.39 is 11.4 Å². The third-order valence-corrected chi connectivity index (χ3v) is 2.94. The molecule has 0 aliphatic heterocycles. The first-order valence-corrected chi connectivity index (χ1v) is 5.70. The Labute approximate surface area is 110 Å². The predicted octanol–water partition coefficient (Wildman–Crippen LogP) is 2.08. The van der Waals surface area contributed by atoms with Gasteiger partial charge in [-0.05, 0) is 26.0 Å². The second kappa shape index (κ2) is 5.12. The van der Waals surface area contributed by atoms with Crippen LogP contribution < -0.4 is 11.1 Å². The lowest BCUT2D eigenvalue weighted by Crippen LogP contribution is -2.46. The fourth-order valence-corrected chi connectivity index (χ4v) is 1.61. The van der Waals surface area contributed by atoms with Crippen molar-refractivity contribution in [3.63, 3.8) is 0 Å². The molecule has 0 saturated carbocycles. The summed E-state index contributed by atoms with van der Waals surface area (Å²) in [5.74, 6) is -0.428.